The van der Waals surface area contributed by atoms with Gasteiger partial charge in [0.15, 0.2) is 0 Å². The SMILES string of the molecule is CCc1ccccc1NC(=O)NCC(C(C)C)N1CCOCC1. The molecule has 1 aliphatic heterocycles. The molecule has 2 rings (SSSR count). The smallest absolute Gasteiger partial charge is 0.319 e. The number of rotatable bonds is 6. The van der Waals surface area contributed by atoms with Crippen molar-refractivity contribution in [3.8, 4) is 0 Å². The molecular weight excluding hydrogens is 290 g/mol. The number of urea groups is 1. The van der Waals surface area contributed by atoms with E-state index in [0.717, 1.165) is 44.0 Å². The maximum atomic E-state index is 12.2. The largest absolute Gasteiger partial charge is 0.379 e. The molecule has 1 atom stereocenters. The molecule has 2 N–H and O–H groups in total. The van der Waals surface area contributed by atoms with E-state index >= 15 is 0 Å². The minimum absolute atomic E-state index is 0.134. The molecule has 1 aliphatic rings. The fraction of sp³-hybridized carbons (Fsp3) is 0.611. The average molecular weight is 319 g/mol. The monoisotopic (exact) mass is 319 g/mol. The standard InChI is InChI=1S/C18H29N3O2/c1-4-15-7-5-6-8-16(15)20-18(22)19-13-17(14(2)3)21-9-11-23-12-10-21/h5-8,14,17H,4,9-13H2,1-3H3,(H2,19,20,22). The topological polar surface area (TPSA) is 53.6 Å². The lowest BCUT2D eigenvalue weighted by Crippen LogP contribution is -2.51. The number of carbonyl (C=O) groups excluding carboxylic acids is 1. The molecule has 5 nitrogen and oxygen atoms in total. The lowest BCUT2D eigenvalue weighted by atomic mass is 10.0. The molecule has 0 spiro atoms. The number of carbonyl (C=O) groups is 1. The minimum atomic E-state index is -0.134. The number of aryl methyl sites for hydroxylation is 1. The summed E-state index contributed by atoms with van der Waals surface area (Å²) in [6.07, 6.45) is 0.902. The van der Waals surface area contributed by atoms with Crippen LogP contribution in [-0.4, -0.2) is 49.8 Å². The van der Waals surface area contributed by atoms with Crippen LogP contribution in [0.3, 0.4) is 0 Å². The Balaban J connectivity index is 1.88. The van der Waals surface area contributed by atoms with Gasteiger partial charge in [0.25, 0.3) is 0 Å². The molecule has 1 aromatic carbocycles. The number of ether oxygens (including phenoxy) is 1. The van der Waals surface area contributed by atoms with Crippen LogP contribution >= 0.6 is 0 Å². The van der Waals surface area contributed by atoms with Crippen LogP contribution < -0.4 is 10.6 Å². The number of para-hydroxylation sites is 1. The summed E-state index contributed by atoms with van der Waals surface area (Å²) in [7, 11) is 0. The van der Waals surface area contributed by atoms with Gasteiger partial charge in [-0.05, 0) is 24.0 Å². The van der Waals surface area contributed by atoms with Crippen LogP contribution in [0.2, 0.25) is 0 Å². The van der Waals surface area contributed by atoms with Crippen molar-refractivity contribution >= 4 is 11.7 Å². The van der Waals surface area contributed by atoms with Crippen molar-refractivity contribution in [3.63, 3.8) is 0 Å². The molecule has 1 aromatic rings. The van der Waals surface area contributed by atoms with Crippen LogP contribution in [0.5, 0.6) is 0 Å². The Morgan fingerprint density at radius 2 is 1.96 bits per heavy atom. The summed E-state index contributed by atoms with van der Waals surface area (Å²) in [6, 6.07) is 8.13. The van der Waals surface area contributed by atoms with Crippen molar-refractivity contribution in [2.45, 2.75) is 33.2 Å². The van der Waals surface area contributed by atoms with E-state index in [9.17, 15) is 4.79 Å². The second-order valence-electron chi connectivity index (χ2n) is 6.31. The van der Waals surface area contributed by atoms with Gasteiger partial charge >= 0.3 is 6.03 Å². The Labute approximate surface area is 139 Å². The van der Waals surface area contributed by atoms with E-state index in [2.05, 4.69) is 36.3 Å². The Bertz CT molecular complexity index is 499. The van der Waals surface area contributed by atoms with Crippen LogP contribution in [0.25, 0.3) is 0 Å². The molecule has 5 heteroatoms. The summed E-state index contributed by atoms with van der Waals surface area (Å²) >= 11 is 0. The van der Waals surface area contributed by atoms with E-state index in [-0.39, 0.29) is 6.03 Å². The Hall–Kier alpha value is -1.59. The summed E-state index contributed by atoms with van der Waals surface area (Å²) < 4.78 is 5.42. The van der Waals surface area contributed by atoms with Crippen molar-refractivity contribution in [1.82, 2.24) is 10.2 Å². The van der Waals surface area contributed by atoms with E-state index < -0.39 is 0 Å². The minimum Gasteiger partial charge on any atom is -0.379 e. The summed E-state index contributed by atoms with van der Waals surface area (Å²) in [5.41, 5.74) is 2.04. The summed E-state index contributed by atoms with van der Waals surface area (Å²) in [6.45, 7) is 10.6. The van der Waals surface area contributed by atoms with Gasteiger partial charge in [-0.25, -0.2) is 4.79 Å². The second kappa shape index (κ2) is 8.89. The van der Waals surface area contributed by atoms with Gasteiger partial charge < -0.3 is 15.4 Å². The molecule has 23 heavy (non-hydrogen) atoms. The zero-order valence-electron chi connectivity index (χ0n) is 14.5. The maximum Gasteiger partial charge on any atom is 0.319 e. The molecule has 0 radical (unpaired) electrons. The molecule has 2 amide bonds. The van der Waals surface area contributed by atoms with E-state index in [1.807, 2.05) is 24.3 Å². The lowest BCUT2D eigenvalue weighted by Gasteiger charge is -2.36. The van der Waals surface area contributed by atoms with Gasteiger partial charge in [0.05, 0.1) is 13.2 Å². The van der Waals surface area contributed by atoms with Gasteiger partial charge in [0.2, 0.25) is 0 Å². The molecule has 0 aliphatic carbocycles. The van der Waals surface area contributed by atoms with Gasteiger partial charge in [-0.3, -0.25) is 4.90 Å². The number of amides is 2. The first-order chi connectivity index (χ1) is 11.1. The highest BCUT2D eigenvalue weighted by atomic mass is 16.5. The third-order valence-corrected chi connectivity index (χ3v) is 4.40. The molecule has 1 saturated heterocycles. The quantitative estimate of drug-likeness (QED) is 0.848. The van der Waals surface area contributed by atoms with Crippen molar-refractivity contribution in [3.05, 3.63) is 29.8 Å². The number of morpholine rings is 1. The third-order valence-electron chi connectivity index (χ3n) is 4.40. The van der Waals surface area contributed by atoms with Crippen LogP contribution in [0.4, 0.5) is 10.5 Å². The van der Waals surface area contributed by atoms with Crippen molar-refractivity contribution in [1.29, 1.82) is 0 Å². The molecule has 1 unspecified atom stereocenters. The van der Waals surface area contributed by atoms with Crippen LogP contribution in [0.15, 0.2) is 24.3 Å². The zero-order valence-corrected chi connectivity index (χ0v) is 14.5. The summed E-state index contributed by atoms with van der Waals surface area (Å²) in [5.74, 6) is 0.483. The van der Waals surface area contributed by atoms with Crippen LogP contribution in [-0.2, 0) is 11.2 Å². The van der Waals surface area contributed by atoms with Gasteiger partial charge in [-0.1, -0.05) is 39.0 Å². The number of anilines is 1. The first kappa shape index (κ1) is 17.8. The third kappa shape index (κ3) is 5.22. The van der Waals surface area contributed by atoms with Gasteiger partial charge in [-0.15, -0.1) is 0 Å². The molecule has 0 saturated carbocycles. The zero-order chi connectivity index (χ0) is 16.7. The molecule has 1 fully saturated rings. The average Bonchev–Trinajstić information content (AvgIpc) is 2.56. The van der Waals surface area contributed by atoms with Crippen molar-refractivity contribution in [2.24, 2.45) is 5.92 Å². The lowest BCUT2D eigenvalue weighted by molar-refractivity contribution is 0.00728. The van der Waals surface area contributed by atoms with E-state index in [4.69, 9.17) is 4.74 Å². The number of nitrogens with one attached hydrogen (secondary N) is 2. The van der Waals surface area contributed by atoms with E-state index in [1.165, 1.54) is 0 Å². The van der Waals surface area contributed by atoms with E-state index in [0.29, 0.717) is 18.5 Å². The molecule has 128 valence electrons. The summed E-state index contributed by atoms with van der Waals surface area (Å²) in [4.78, 5) is 14.6. The normalized spacial score (nSPS) is 17.0. The number of benzene rings is 1. The number of hydrogen-bond donors (Lipinski definition) is 2. The van der Waals surface area contributed by atoms with Gasteiger partial charge in [0.1, 0.15) is 0 Å². The highest BCUT2D eigenvalue weighted by molar-refractivity contribution is 5.90. The molecule has 1 heterocycles. The van der Waals surface area contributed by atoms with Gasteiger partial charge in [0, 0.05) is 31.4 Å². The highest BCUT2D eigenvalue weighted by Crippen LogP contribution is 2.15. The molecule has 0 aromatic heterocycles. The van der Waals surface area contributed by atoms with Crippen LogP contribution in [0.1, 0.15) is 26.3 Å². The summed E-state index contributed by atoms with van der Waals surface area (Å²) in [5, 5.41) is 5.99. The predicted octanol–water partition coefficient (Wildman–Crippen LogP) is 2.73. The maximum absolute atomic E-state index is 12.2. The van der Waals surface area contributed by atoms with Crippen LogP contribution in [0, 0.1) is 5.92 Å². The number of hydrogen-bond acceptors (Lipinski definition) is 3. The Morgan fingerprint density at radius 3 is 2.61 bits per heavy atom. The highest BCUT2D eigenvalue weighted by Gasteiger charge is 2.24. The first-order valence-electron chi connectivity index (χ1n) is 8.56. The fourth-order valence-electron chi connectivity index (χ4n) is 3.01. The Kier molecular flexibility index (Phi) is 6.86. The Morgan fingerprint density at radius 1 is 1.26 bits per heavy atom. The van der Waals surface area contributed by atoms with E-state index in [1.54, 1.807) is 0 Å². The number of nitrogens with zero attached hydrogens (tertiary/aromatic N) is 1. The molecular formula is C18H29N3O2. The fourth-order valence-corrected chi connectivity index (χ4v) is 3.01. The second-order valence-corrected chi connectivity index (χ2v) is 6.31. The first-order valence-corrected chi connectivity index (χ1v) is 8.56. The molecule has 0 bridgehead atoms. The predicted molar refractivity (Wildman–Crippen MR) is 93.9 cm³/mol. The van der Waals surface area contributed by atoms with Crippen molar-refractivity contribution in [2.75, 3.05) is 38.2 Å². The van der Waals surface area contributed by atoms with Gasteiger partial charge in [-0.2, -0.15) is 0 Å². The van der Waals surface area contributed by atoms with Crippen molar-refractivity contribution < 1.29 is 9.53 Å².